The molecule has 2 heterocycles. The smallest absolute Gasteiger partial charge is 0.417 e. The maximum atomic E-state index is 12.2. The molecule has 0 spiro atoms. The van der Waals surface area contributed by atoms with Crippen LogP contribution < -0.4 is 11.1 Å². The van der Waals surface area contributed by atoms with Crippen LogP contribution in [-0.4, -0.2) is 225 Å². The lowest BCUT2D eigenvalue weighted by molar-refractivity contribution is -0.157. The number of carbonyl (C=O) groups is 10. The van der Waals surface area contributed by atoms with Gasteiger partial charge in [0, 0.05) is 25.7 Å². The molecular weight excluding hydrogens is 1020 g/mol. The van der Waals surface area contributed by atoms with Crippen LogP contribution in [-0.2, 0) is 80.9 Å². The van der Waals surface area contributed by atoms with E-state index >= 15 is 0 Å². The molecule has 2 aliphatic rings. The quantitative estimate of drug-likeness (QED) is 0.0856. The van der Waals surface area contributed by atoms with Crippen molar-refractivity contribution in [3.05, 3.63) is 0 Å². The third kappa shape index (κ3) is 29.0. The molecule has 2 fully saturated rings. The number of rotatable bonds is 20. The normalized spacial score (nSPS) is 18.8. The first-order chi connectivity index (χ1) is 34.6. The molecule has 75 heavy (non-hydrogen) atoms. The van der Waals surface area contributed by atoms with Gasteiger partial charge in [0.15, 0.2) is 12.2 Å². The number of alkyl carbamates (subject to hydrolysis) is 1. The van der Waals surface area contributed by atoms with Crippen molar-refractivity contribution in [1.82, 2.24) is 15.1 Å². The molecule has 0 radical (unpaired) electrons. The Hall–Kier alpha value is -6.11. The molecule has 2 aliphatic heterocycles. The number of aliphatic carboxylic acids is 2. The zero-order valence-corrected chi connectivity index (χ0v) is 44.5. The molecule has 2 rings (SSSR count). The van der Waals surface area contributed by atoms with Gasteiger partial charge >= 0.3 is 54.1 Å². The van der Waals surface area contributed by atoms with Gasteiger partial charge in [-0.1, -0.05) is 0 Å². The number of ether oxygens (including phenoxy) is 10. The summed E-state index contributed by atoms with van der Waals surface area (Å²) in [6, 6.07) is -4.42. The lowest BCUT2D eigenvalue weighted by Crippen LogP contribution is -2.47. The van der Waals surface area contributed by atoms with Crippen LogP contribution in [0.15, 0.2) is 0 Å². The second-order valence-electron chi connectivity index (χ2n) is 18.7. The number of imide groups is 1. The number of nitrogens with one attached hydrogen (secondary N) is 1. The van der Waals surface area contributed by atoms with Gasteiger partial charge < -0.3 is 73.7 Å². The van der Waals surface area contributed by atoms with E-state index in [1.807, 2.05) is 0 Å². The minimum atomic E-state index is -1.38. The number of esters is 4. The Balaban J connectivity index is 0. The highest BCUT2D eigenvalue weighted by Crippen LogP contribution is 2.26. The van der Waals surface area contributed by atoms with Gasteiger partial charge in [-0.2, -0.15) is 0 Å². The van der Waals surface area contributed by atoms with E-state index in [2.05, 4.69) is 29.0 Å². The third-order valence-corrected chi connectivity index (χ3v) is 9.05. The number of β-amino-alcohol motifs (C(OH)–C–C–N with tert-alkyl or cyclic N) is 1. The number of amides is 4. The van der Waals surface area contributed by atoms with E-state index in [0.29, 0.717) is 4.90 Å². The minimum absolute atomic E-state index is 0.0786. The van der Waals surface area contributed by atoms with E-state index in [-0.39, 0.29) is 52.0 Å². The lowest BCUT2D eigenvalue weighted by Gasteiger charge is -2.27. The van der Waals surface area contributed by atoms with Crippen molar-refractivity contribution in [3.8, 4) is 0 Å². The van der Waals surface area contributed by atoms with Gasteiger partial charge in [-0.05, 0) is 62.3 Å². The van der Waals surface area contributed by atoms with Crippen molar-refractivity contribution in [3.63, 3.8) is 0 Å². The fraction of sp³-hybridized carbons (Fsp3) is 0.778. The molecule has 8 atom stereocenters. The van der Waals surface area contributed by atoms with Gasteiger partial charge in [-0.25, -0.2) is 56.4 Å². The summed E-state index contributed by atoms with van der Waals surface area (Å²) in [5.41, 5.74) is 2.87. The van der Waals surface area contributed by atoms with Crippen LogP contribution in [0, 0.1) is 0 Å². The molecule has 0 aromatic rings. The topological polar surface area (TPSA) is 368 Å². The zero-order chi connectivity index (χ0) is 58.6. The Kier molecular flexibility index (Phi) is 32.6. The fourth-order valence-electron chi connectivity index (χ4n) is 5.93. The van der Waals surface area contributed by atoms with Crippen LogP contribution in [0.2, 0.25) is 0 Å². The van der Waals surface area contributed by atoms with Crippen LogP contribution in [0.3, 0.4) is 0 Å². The summed E-state index contributed by atoms with van der Waals surface area (Å²) >= 11 is 0. The number of aliphatic hydroxyl groups excluding tert-OH is 1. The van der Waals surface area contributed by atoms with Crippen molar-refractivity contribution in [2.75, 3.05) is 74.8 Å². The molecule has 434 valence electrons. The molecule has 0 bridgehead atoms. The van der Waals surface area contributed by atoms with Crippen LogP contribution >= 0.6 is 0 Å². The third-order valence-electron chi connectivity index (χ3n) is 9.05. The van der Waals surface area contributed by atoms with Crippen molar-refractivity contribution in [2.45, 2.75) is 153 Å². The summed E-state index contributed by atoms with van der Waals surface area (Å²) in [6.07, 6.45) is -7.35. The first-order valence-corrected chi connectivity index (χ1v) is 22.9. The Bertz CT molecular complexity index is 1860. The monoisotopic (exact) mass is 1100 g/mol. The highest BCUT2D eigenvalue weighted by atomic mass is 19.1. The van der Waals surface area contributed by atoms with Crippen molar-refractivity contribution in [2.24, 2.45) is 5.73 Å². The lowest BCUT2D eigenvalue weighted by atomic mass is 10.1. The number of likely N-dealkylation sites (tertiary alicyclic amines) is 2. The minimum Gasteiger partial charge on any atom is -0.480 e. The Morgan fingerprint density at radius 3 is 1.53 bits per heavy atom. The van der Waals surface area contributed by atoms with Gasteiger partial charge in [-0.15, -0.1) is 0 Å². The molecule has 0 aromatic heterocycles. The van der Waals surface area contributed by atoms with Crippen molar-refractivity contribution >= 4 is 60.0 Å². The standard InChI is InChI=1S/C14H24FNO7.C13H20FNO6.C11H19NO5.C7H12FNO5/c1-14(2,3)23-13(19)16-9(11(17)20-4)8-10(12(18)21-5)22-7-6-15;1-13(2,3)21-12(18)15-8(11(17)19-4)7-9(10(15)16)20-6-5-14;1-11(2,3)17-10(15)12-6-7(13)5-8(12)9(14)16-4;8-1-2-14-5(7(12)13)3-4(9)6(10)11/h9-10H,6-8H2,1-5H3,(H,16,19);8-9H,5-7H2,1-4H3;7-8,13H,5-6H2,1-4H3;4-5H,1-3,9H2,(H,10,11)(H,12,13)/t9?,10-;8?,9-;7-,8?;4?,5-/m0000/s1. The number of alkyl halides is 3. The van der Waals surface area contributed by atoms with Gasteiger partial charge in [0.25, 0.3) is 5.91 Å². The summed E-state index contributed by atoms with van der Waals surface area (Å²) in [6.45, 7) is 11.8. The SMILES string of the molecule is COC(=O)C(C[C@H](OCCF)C(=O)OC)NC(=O)OC(C)(C)C.COC(=O)C1C[C@H](O)CN1C(=O)OC(C)(C)C.COC(=O)C1C[C@H](OCCF)C(=O)N1C(=O)OC(C)(C)C.NC(C[C@H](OCCF)C(=O)O)C(=O)O. The molecule has 27 nitrogen and oxygen atoms in total. The second-order valence-corrected chi connectivity index (χ2v) is 18.7. The summed E-state index contributed by atoms with van der Waals surface area (Å²) in [4.78, 5) is 117. The number of halogens is 3. The maximum Gasteiger partial charge on any atom is 0.417 e. The number of aliphatic hydroxyl groups is 1. The number of nitrogens with zero attached hydrogens (tertiary/aromatic N) is 2. The number of nitrogens with two attached hydrogens (primary N) is 1. The van der Waals surface area contributed by atoms with E-state index < -0.39 is 145 Å². The Labute approximate surface area is 432 Å². The van der Waals surface area contributed by atoms with Gasteiger partial charge in [0.2, 0.25) is 0 Å². The molecule has 6 N–H and O–H groups in total. The van der Waals surface area contributed by atoms with Gasteiger partial charge in [0.1, 0.15) is 67.1 Å². The van der Waals surface area contributed by atoms with E-state index in [4.69, 9.17) is 39.6 Å². The highest BCUT2D eigenvalue weighted by molar-refractivity contribution is 6.01. The van der Waals surface area contributed by atoms with Crippen LogP contribution in [0.5, 0.6) is 0 Å². The largest absolute Gasteiger partial charge is 0.480 e. The number of carboxylic acids is 2. The van der Waals surface area contributed by atoms with Crippen molar-refractivity contribution in [1.29, 1.82) is 0 Å². The molecule has 0 saturated carbocycles. The number of carboxylic acid groups (broad SMARTS) is 2. The number of carbonyl (C=O) groups excluding carboxylic acids is 8. The molecule has 0 aliphatic carbocycles. The highest BCUT2D eigenvalue weighted by Gasteiger charge is 2.49. The van der Waals surface area contributed by atoms with Gasteiger partial charge in [-0.3, -0.25) is 14.5 Å². The fourth-order valence-corrected chi connectivity index (χ4v) is 5.93. The van der Waals surface area contributed by atoms with Crippen LogP contribution in [0.4, 0.5) is 27.6 Å². The zero-order valence-electron chi connectivity index (χ0n) is 44.5. The maximum absolute atomic E-state index is 12.2. The molecular formula is C45H75F3N4O23. The van der Waals surface area contributed by atoms with E-state index in [9.17, 15) is 66.2 Å². The first kappa shape index (κ1) is 71.0. The summed E-state index contributed by atoms with van der Waals surface area (Å²) < 4.78 is 84.2. The first-order valence-electron chi connectivity index (χ1n) is 22.9. The van der Waals surface area contributed by atoms with E-state index in [1.165, 1.54) is 12.0 Å². The number of hydrogen-bond acceptors (Lipinski definition) is 22. The molecule has 2 saturated heterocycles. The number of methoxy groups -OCH3 is 4. The molecule has 4 unspecified atom stereocenters. The van der Waals surface area contributed by atoms with Gasteiger partial charge in [0.05, 0.1) is 60.9 Å². The van der Waals surface area contributed by atoms with Crippen LogP contribution in [0.25, 0.3) is 0 Å². The second kappa shape index (κ2) is 34.5. The van der Waals surface area contributed by atoms with Crippen LogP contribution in [0.1, 0.15) is 88.0 Å². The predicted octanol–water partition coefficient (Wildman–Crippen LogP) is 1.78. The molecule has 30 heteroatoms. The molecule has 0 aromatic carbocycles. The Morgan fingerprint density at radius 2 is 1.11 bits per heavy atom. The summed E-state index contributed by atoms with van der Waals surface area (Å²) in [5.74, 6) is -6.27. The average molecular weight is 1100 g/mol. The summed E-state index contributed by atoms with van der Waals surface area (Å²) in [5, 5.41) is 28.7. The Morgan fingerprint density at radius 1 is 0.640 bits per heavy atom. The predicted molar refractivity (Wildman–Crippen MR) is 250 cm³/mol. The van der Waals surface area contributed by atoms with E-state index in [0.717, 1.165) is 21.3 Å². The number of hydrogen-bond donors (Lipinski definition) is 5. The average Bonchev–Trinajstić information content (AvgIpc) is 3.87. The van der Waals surface area contributed by atoms with E-state index in [1.54, 1.807) is 62.3 Å². The summed E-state index contributed by atoms with van der Waals surface area (Å²) in [7, 11) is 4.65. The van der Waals surface area contributed by atoms with Crippen molar-refractivity contribution < 1.29 is 124 Å². The molecule has 4 amide bonds.